The minimum Gasteiger partial charge on any atom is -0.454 e. The van der Waals surface area contributed by atoms with E-state index in [4.69, 9.17) is 21.1 Å². The molecule has 0 aromatic heterocycles. The Kier molecular flexibility index (Phi) is 5.87. The maximum absolute atomic E-state index is 14.0. The molecule has 1 saturated heterocycles. The number of nitrogens with zero attached hydrogens (tertiary/aromatic N) is 1. The van der Waals surface area contributed by atoms with Crippen molar-refractivity contribution in [2.75, 3.05) is 13.3 Å². The Morgan fingerprint density at radius 2 is 1.97 bits per heavy atom. The Balaban J connectivity index is 1.32. The van der Waals surface area contributed by atoms with Gasteiger partial charge in [0.15, 0.2) is 23.1 Å². The molecule has 2 heterocycles. The lowest BCUT2D eigenvalue weighted by Gasteiger charge is -2.25. The van der Waals surface area contributed by atoms with Crippen LogP contribution < -0.4 is 14.8 Å². The van der Waals surface area contributed by atoms with Gasteiger partial charge in [0.25, 0.3) is 0 Å². The first-order valence-electron chi connectivity index (χ1n) is 9.54. The van der Waals surface area contributed by atoms with Crippen molar-refractivity contribution in [2.45, 2.75) is 38.4 Å². The molecule has 1 amide bonds. The summed E-state index contributed by atoms with van der Waals surface area (Å²) in [5, 5.41) is 3.93. The Morgan fingerprint density at radius 3 is 2.79 bits per heavy atom. The van der Waals surface area contributed by atoms with Crippen molar-refractivity contribution in [3.05, 3.63) is 58.1 Å². The molecule has 8 heteroatoms. The zero-order valence-electron chi connectivity index (χ0n) is 15.7. The van der Waals surface area contributed by atoms with Crippen molar-refractivity contribution in [3.8, 4) is 11.5 Å². The van der Waals surface area contributed by atoms with Gasteiger partial charge in [-0.25, -0.2) is 8.78 Å². The fourth-order valence-corrected chi connectivity index (χ4v) is 3.97. The molecule has 0 radical (unpaired) electrons. The number of hydrogen-bond acceptors (Lipinski definition) is 4. The molecule has 0 aliphatic carbocycles. The summed E-state index contributed by atoms with van der Waals surface area (Å²) in [6.45, 7) is 1.49. The van der Waals surface area contributed by atoms with Gasteiger partial charge in [-0.05, 0) is 37.1 Å². The SMILES string of the molecule is O=C1CC[C@H](CCNCc2cc3c(cc2Cl)OCO3)N1Cc1cccc(F)c1F. The predicted molar refractivity (Wildman–Crippen MR) is 104 cm³/mol. The highest BCUT2D eigenvalue weighted by molar-refractivity contribution is 6.31. The highest BCUT2D eigenvalue weighted by atomic mass is 35.5. The number of amides is 1. The first-order valence-corrected chi connectivity index (χ1v) is 9.92. The van der Waals surface area contributed by atoms with E-state index in [9.17, 15) is 13.6 Å². The van der Waals surface area contributed by atoms with E-state index < -0.39 is 11.6 Å². The number of likely N-dealkylation sites (tertiary alicyclic amines) is 1. The van der Waals surface area contributed by atoms with E-state index in [2.05, 4.69) is 5.32 Å². The van der Waals surface area contributed by atoms with E-state index in [0.717, 1.165) is 11.6 Å². The molecule has 4 rings (SSSR count). The van der Waals surface area contributed by atoms with Gasteiger partial charge in [0, 0.05) is 42.2 Å². The smallest absolute Gasteiger partial charge is 0.231 e. The number of ether oxygens (including phenoxy) is 2. The topological polar surface area (TPSA) is 50.8 Å². The quantitative estimate of drug-likeness (QED) is 0.685. The van der Waals surface area contributed by atoms with Crippen LogP contribution in [0.5, 0.6) is 11.5 Å². The van der Waals surface area contributed by atoms with Gasteiger partial charge < -0.3 is 19.7 Å². The number of rotatable bonds is 7. The monoisotopic (exact) mass is 422 g/mol. The zero-order valence-corrected chi connectivity index (χ0v) is 16.5. The molecule has 1 fully saturated rings. The van der Waals surface area contributed by atoms with Crippen LogP contribution in [0.3, 0.4) is 0 Å². The lowest BCUT2D eigenvalue weighted by atomic mass is 10.1. The molecular formula is C21H21ClF2N2O3. The number of hydrogen-bond donors (Lipinski definition) is 1. The van der Waals surface area contributed by atoms with Crippen LogP contribution in [0.15, 0.2) is 30.3 Å². The minimum atomic E-state index is -0.895. The molecule has 1 N–H and O–H groups in total. The van der Waals surface area contributed by atoms with E-state index in [1.54, 1.807) is 11.0 Å². The third-order valence-corrected chi connectivity index (χ3v) is 5.69. The highest BCUT2D eigenvalue weighted by Crippen LogP contribution is 2.36. The van der Waals surface area contributed by atoms with Crippen molar-refractivity contribution in [2.24, 2.45) is 0 Å². The van der Waals surface area contributed by atoms with Crippen LogP contribution in [0, 0.1) is 11.6 Å². The summed E-state index contributed by atoms with van der Waals surface area (Å²) in [5.74, 6) is -0.494. The van der Waals surface area contributed by atoms with E-state index >= 15 is 0 Å². The number of nitrogens with one attached hydrogen (secondary N) is 1. The molecular weight excluding hydrogens is 402 g/mol. The summed E-state index contributed by atoms with van der Waals surface area (Å²) >= 11 is 6.28. The van der Waals surface area contributed by atoms with Crippen LogP contribution in [0.2, 0.25) is 5.02 Å². The normalized spacial score (nSPS) is 18.0. The molecule has 2 aliphatic heterocycles. The maximum atomic E-state index is 14.0. The third-order valence-electron chi connectivity index (χ3n) is 5.34. The first kappa shape index (κ1) is 19.9. The minimum absolute atomic E-state index is 0.00936. The third kappa shape index (κ3) is 4.31. The van der Waals surface area contributed by atoms with Crippen LogP contribution in [-0.2, 0) is 17.9 Å². The van der Waals surface area contributed by atoms with E-state index in [0.29, 0.717) is 48.9 Å². The van der Waals surface area contributed by atoms with E-state index in [1.807, 2.05) is 6.07 Å². The van der Waals surface area contributed by atoms with Crippen LogP contribution in [0.4, 0.5) is 8.78 Å². The molecule has 1 atom stereocenters. The molecule has 29 heavy (non-hydrogen) atoms. The molecule has 2 aromatic rings. The largest absolute Gasteiger partial charge is 0.454 e. The Bertz CT molecular complexity index is 925. The number of carbonyl (C=O) groups excluding carboxylic acids is 1. The summed E-state index contributed by atoms with van der Waals surface area (Å²) in [6.07, 6.45) is 1.85. The number of carbonyl (C=O) groups is 1. The second-order valence-electron chi connectivity index (χ2n) is 7.19. The molecule has 0 saturated carbocycles. The predicted octanol–water partition coefficient (Wildman–Crippen LogP) is 4.02. The first-order chi connectivity index (χ1) is 14.0. The van der Waals surface area contributed by atoms with Crippen LogP contribution in [0.1, 0.15) is 30.4 Å². The van der Waals surface area contributed by atoms with E-state index in [-0.39, 0.29) is 30.9 Å². The molecule has 0 bridgehead atoms. The Morgan fingerprint density at radius 1 is 1.17 bits per heavy atom. The Hall–Kier alpha value is -2.38. The maximum Gasteiger partial charge on any atom is 0.231 e. The van der Waals surface area contributed by atoms with Crippen LogP contribution in [0.25, 0.3) is 0 Å². The fraction of sp³-hybridized carbons (Fsp3) is 0.381. The van der Waals surface area contributed by atoms with Gasteiger partial charge in [-0.2, -0.15) is 0 Å². The van der Waals surface area contributed by atoms with Gasteiger partial charge in [0.2, 0.25) is 12.7 Å². The summed E-state index contributed by atoms with van der Waals surface area (Å²) in [6, 6.07) is 7.64. The van der Waals surface area contributed by atoms with Gasteiger partial charge >= 0.3 is 0 Å². The fourth-order valence-electron chi connectivity index (χ4n) is 3.75. The van der Waals surface area contributed by atoms with E-state index in [1.165, 1.54) is 12.1 Å². The van der Waals surface area contributed by atoms with Crippen LogP contribution >= 0.6 is 11.6 Å². The summed E-state index contributed by atoms with van der Waals surface area (Å²) in [4.78, 5) is 13.9. The van der Waals surface area contributed by atoms with Gasteiger partial charge in [-0.15, -0.1) is 0 Å². The lowest BCUT2D eigenvalue weighted by Crippen LogP contribution is -2.35. The van der Waals surface area contributed by atoms with Gasteiger partial charge in [-0.3, -0.25) is 4.79 Å². The van der Waals surface area contributed by atoms with Gasteiger partial charge in [0.05, 0.1) is 0 Å². The zero-order chi connectivity index (χ0) is 20.4. The average molecular weight is 423 g/mol. The summed E-state index contributed by atoms with van der Waals surface area (Å²) in [5.41, 5.74) is 1.10. The average Bonchev–Trinajstić information content (AvgIpc) is 3.29. The van der Waals surface area contributed by atoms with Crippen molar-refractivity contribution >= 4 is 17.5 Å². The number of halogens is 3. The highest BCUT2D eigenvalue weighted by Gasteiger charge is 2.31. The molecule has 2 aromatic carbocycles. The van der Waals surface area contributed by atoms with Crippen molar-refractivity contribution in [1.82, 2.24) is 10.2 Å². The van der Waals surface area contributed by atoms with Crippen molar-refractivity contribution < 1.29 is 23.0 Å². The molecule has 154 valence electrons. The summed E-state index contributed by atoms with van der Waals surface area (Å²) < 4.78 is 38.1. The molecule has 0 unspecified atom stereocenters. The van der Waals surface area contributed by atoms with Gasteiger partial charge in [-0.1, -0.05) is 23.7 Å². The second-order valence-corrected chi connectivity index (χ2v) is 7.60. The standard InChI is InChI=1S/C21H21ClF2N2O3/c22-16-9-19-18(28-12-29-19)8-14(16)10-25-7-6-15-4-5-20(27)26(15)11-13-2-1-3-17(23)21(13)24/h1-3,8-9,15,25H,4-7,10-12H2/t15-/m1/s1. The number of benzene rings is 2. The van der Waals surface area contributed by atoms with Crippen molar-refractivity contribution in [1.29, 1.82) is 0 Å². The summed E-state index contributed by atoms with van der Waals surface area (Å²) in [7, 11) is 0. The van der Waals surface area contributed by atoms with Gasteiger partial charge in [0.1, 0.15) is 0 Å². The second kappa shape index (κ2) is 8.55. The number of fused-ring (bicyclic) bond motifs is 1. The Labute approximate surface area is 172 Å². The van der Waals surface area contributed by atoms with Crippen molar-refractivity contribution in [3.63, 3.8) is 0 Å². The molecule has 0 spiro atoms. The van der Waals surface area contributed by atoms with Crippen LogP contribution in [-0.4, -0.2) is 30.2 Å². The molecule has 5 nitrogen and oxygen atoms in total. The lowest BCUT2D eigenvalue weighted by molar-refractivity contribution is -0.129. The molecule has 2 aliphatic rings.